The van der Waals surface area contributed by atoms with Crippen LogP contribution in [-0.4, -0.2) is 0 Å². The normalized spacial score (nSPS) is 10.2. The largest absolute Gasteiger partial charge is 0.486 e. The molecule has 17 heavy (non-hydrogen) atoms. The van der Waals surface area contributed by atoms with Crippen LogP contribution >= 0.6 is 0 Å². The summed E-state index contributed by atoms with van der Waals surface area (Å²) in [5.74, 6) is 0.786. The Balaban J connectivity index is 2.13. The zero-order valence-electron chi connectivity index (χ0n) is 10.2. The molecular weight excluding hydrogens is 210 g/mol. The minimum atomic E-state index is 0.552. The topological polar surface area (TPSA) is 35.2 Å². The van der Waals surface area contributed by atoms with E-state index in [1.165, 1.54) is 5.56 Å². The van der Waals surface area contributed by atoms with E-state index in [4.69, 9.17) is 10.5 Å². The Labute approximate surface area is 102 Å². The van der Waals surface area contributed by atoms with Gasteiger partial charge in [0.15, 0.2) is 0 Å². The first kappa shape index (κ1) is 11.5. The molecule has 0 aliphatic carbocycles. The van der Waals surface area contributed by atoms with Crippen LogP contribution in [0, 0.1) is 13.8 Å². The standard InChI is InChI=1S/C15H17NO/c1-11-5-3-7-13(9-11)10-17-15-12(2)6-4-8-14(15)16/h3-9H,10,16H2,1-2H3. The highest BCUT2D eigenvalue weighted by Crippen LogP contribution is 2.26. The van der Waals surface area contributed by atoms with Gasteiger partial charge in [-0.1, -0.05) is 42.0 Å². The minimum Gasteiger partial charge on any atom is -0.486 e. The van der Waals surface area contributed by atoms with E-state index in [1.807, 2.05) is 31.2 Å². The third kappa shape index (κ3) is 2.78. The maximum atomic E-state index is 5.89. The number of anilines is 1. The zero-order valence-corrected chi connectivity index (χ0v) is 10.2. The van der Waals surface area contributed by atoms with Crippen LogP contribution in [0.15, 0.2) is 42.5 Å². The van der Waals surface area contributed by atoms with Crippen LogP contribution in [0.3, 0.4) is 0 Å². The predicted molar refractivity (Wildman–Crippen MR) is 71.1 cm³/mol. The van der Waals surface area contributed by atoms with Crippen molar-refractivity contribution in [3.63, 3.8) is 0 Å². The van der Waals surface area contributed by atoms with Gasteiger partial charge in [0.05, 0.1) is 5.69 Å². The SMILES string of the molecule is Cc1cccc(COc2c(C)cccc2N)c1. The van der Waals surface area contributed by atoms with Crippen molar-refractivity contribution in [2.45, 2.75) is 20.5 Å². The molecule has 0 saturated heterocycles. The third-order valence-electron chi connectivity index (χ3n) is 2.71. The van der Waals surface area contributed by atoms with Crippen molar-refractivity contribution in [3.8, 4) is 5.75 Å². The van der Waals surface area contributed by atoms with E-state index in [0.717, 1.165) is 16.9 Å². The molecule has 2 nitrogen and oxygen atoms in total. The average Bonchev–Trinajstić information content (AvgIpc) is 2.28. The number of ether oxygens (including phenoxy) is 1. The van der Waals surface area contributed by atoms with E-state index in [9.17, 15) is 0 Å². The van der Waals surface area contributed by atoms with Crippen LogP contribution < -0.4 is 10.5 Å². The van der Waals surface area contributed by atoms with Crippen LogP contribution in [0.2, 0.25) is 0 Å². The van der Waals surface area contributed by atoms with Crippen molar-refractivity contribution in [1.82, 2.24) is 0 Å². The van der Waals surface area contributed by atoms with Gasteiger partial charge in [-0.15, -0.1) is 0 Å². The van der Waals surface area contributed by atoms with E-state index in [2.05, 4.69) is 25.1 Å². The highest BCUT2D eigenvalue weighted by Gasteiger charge is 2.04. The fourth-order valence-electron chi connectivity index (χ4n) is 1.83. The van der Waals surface area contributed by atoms with Crippen LogP contribution in [-0.2, 0) is 6.61 Å². The van der Waals surface area contributed by atoms with Crippen LogP contribution in [0.25, 0.3) is 0 Å². The van der Waals surface area contributed by atoms with E-state index in [1.54, 1.807) is 0 Å². The molecule has 2 rings (SSSR count). The summed E-state index contributed by atoms with van der Waals surface area (Å²) >= 11 is 0. The van der Waals surface area contributed by atoms with Crippen molar-refractivity contribution < 1.29 is 4.74 Å². The Morgan fingerprint density at radius 1 is 1.06 bits per heavy atom. The monoisotopic (exact) mass is 227 g/mol. The Morgan fingerprint density at radius 3 is 2.53 bits per heavy atom. The predicted octanol–water partition coefficient (Wildman–Crippen LogP) is 3.46. The second-order valence-electron chi connectivity index (χ2n) is 4.27. The molecule has 0 heterocycles. The fourth-order valence-corrected chi connectivity index (χ4v) is 1.83. The number of aryl methyl sites for hydroxylation is 2. The summed E-state index contributed by atoms with van der Waals surface area (Å²) in [5.41, 5.74) is 10.0. The van der Waals surface area contributed by atoms with Gasteiger partial charge in [0.1, 0.15) is 12.4 Å². The molecule has 0 aromatic heterocycles. The molecule has 2 heteroatoms. The molecule has 2 aromatic carbocycles. The molecule has 0 fully saturated rings. The maximum Gasteiger partial charge on any atom is 0.145 e. The quantitative estimate of drug-likeness (QED) is 0.815. The van der Waals surface area contributed by atoms with E-state index in [0.29, 0.717) is 12.3 Å². The van der Waals surface area contributed by atoms with Crippen molar-refractivity contribution >= 4 is 5.69 Å². The Morgan fingerprint density at radius 2 is 1.82 bits per heavy atom. The molecule has 0 spiro atoms. The molecule has 0 atom stereocenters. The molecule has 0 bridgehead atoms. The first-order valence-corrected chi connectivity index (χ1v) is 5.70. The van der Waals surface area contributed by atoms with Gasteiger partial charge in [-0.05, 0) is 31.0 Å². The summed E-state index contributed by atoms with van der Waals surface area (Å²) in [5, 5.41) is 0. The van der Waals surface area contributed by atoms with Crippen molar-refractivity contribution in [2.75, 3.05) is 5.73 Å². The zero-order chi connectivity index (χ0) is 12.3. The number of nitrogens with two attached hydrogens (primary N) is 1. The number of hydrogen-bond acceptors (Lipinski definition) is 2. The van der Waals surface area contributed by atoms with Gasteiger partial charge in [-0.2, -0.15) is 0 Å². The van der Waals surface area contributed by atoms with Crippen LogP contribution in [0.4, 0.5) is 5.69 Å². The molecule has 2 N–H and O–H groups in total. The van der Waals surface area contributed by atoms with Crippen LogP contribution in [0.5, 0.6) is 5.75 Å². The molecule has 0 saturated carbocycles. The number of rotatable bonds is 3. The Bertz CT molecular complexity index is 500. The minimum absolute atomic E-state index is 0.552. The lowest BCUT2D eigenvalue weighted by atomic mass is 10.1. The lowest BCUT2D eigenvalue weighted by Gasteiger charge is -2.11. The van der Waals surface area contributed by atoms with Gasteiger partial charge >= 0.3 is 0 Å². The average molecular weight is 227 g/mol. The summed E-state index contributed by atoms with van der Waals surface area (Å²) < 4.78 is 5.78. The van der Waals surface area contributed by atoms with Gasteiger partial charge < -0.3 is 10.5 Å². The molecular formula is C15H17NO. The Kier molecular flexibility index (Phi) is 3.33. The highest BCUT2D eigenvalue weighted by atomic mass is 16.5. The smallest absolute Gasteiger partial charge is 0.145 e. The third-order valence-corrected chi connectivity index (χ3v) is 2.71. The van der Waals surface area contributed by atoms with Gasteiger partial charge in [-0.3, -0.25) is 0 Å². The van der Waals surface area contributed by atoms with Gasteiger partial charge in [0.2, 0.25) is 0 Å². The van der Waals surface area contributed by atoms with Gasteiger partial charge in [-0.25, -0.2) is 0 Å². The molecule has 0 unspecified atom stereocenters. The molecule has 0 radical (unpaired) electrons. The van der Waals surface area contributed by atoms with Crippen molar-refractivity contribution in [3.05, 3.63) is 59.2 Å². The molecule has 0 amide bonds. The number of para-hydroxylation sites is 1. The second-order valence-corrected chi connectivity index (χ2v) is 4.27. The van der Waals surface area contributed by atoms with Crippen molar-refractivity contribution in [2.24, 2.45) is 0 Å². The second kappa shape index (κ2) is 4.91. The van der Waals surface area contributed by atoms with E-state index in [-0.39, 0.29) is 0 Å². The summed E-state index contributed by atoms with van der Waals surface area (Å²) in [6, 6.07) is 14.1. The first-order valence-electron chi connectivity index (χ1n) is 5.70. The number of nitrogen functional groups attached to an aromatic ring is 1. The summed E-state index contributed by atoms with van der Waals surface area (Å²) in [7, 11) is 0. The maximum absolute atomic E-state index is 5.89. The van der Waals surface area contributed by atoms with E-state index < -0.39 is 0 Å². The molecule has 0 aliphatic heterocycles. The van der Waals surface area contributed by atoms with E-state index >= 15 is 0 Å². The Hall–Kier alpha value is -1.96. The number of hydrogen-bond donors (Lipinski definition) is 1. The van der Waals surface area contributed by atoms with Crippen LogP contribution in [0.1, 0.15) is 16.7 Å². The first-order chi connectivity index (χ1) is 8.16. The van der Waals surface area contributed by atoms with Gasteiger partial charge in [0, 0.05) is 0 Å². The lowest BCUT2D eigenvalue weighted by molar-refractivity contribution is 0.306. The summed E-state index contributed by atoms with van der Waals surface area (Å²) in [4.78, 5) is 0. The fraction of sp³-hybridized carbons (Fsp3) is 0.200. The molecule has 2 aromatic rings. The van der Waals surface area contributed by atoms with Crippen molar-refractivity contribution in [1.29, 1.82) is 0 Å². The number of benzene rings is 2. The molecule has 88 valence electrons. The summed E-state index contributed by atoms with van der Waals surface area (Å²) in [6.45, 7) is 4.63. The lowest BCUT2D eigenvalue weighted by Crippen LogP contribution is -2.00. The molecule has 0 aliphatic rings. The highest BCUT2D eigenvalue weighted by molar-refractivity contribution is 5.56. The van der Waals surface area contributed by atoms with Gasteiger partial charge in [0.25, 0.3) is 0 Å². The summed E-state index contributed by atoms with van der Waals surface area (Å²) in [6.07, 6.45) is 0.